The molecule has 0 saturated carbocycles. The van der Waals surface area contributed by atoms with E-state index in [0.717, 1.165) is 5.56 Å². The molecule has 3 rings (SSSR count). The lowest BCUT2D eigenvalue weighted by atomic mass is 10.1. The number of hydrogen-bond acceptors (Lipinski definition) is 4. The van der Waals surface area contributed by atoms with Crippen LogP contribution < -0.4 is 9.47 Å². The van der Waals surface area contributed by atoms with Gasteiger partial charge in [-0.3, -0.25) is 9.59 Å². The molecule has 1 aliphatic rings. The largest absolute Gasteiger partial charge is 0.497 e. The standard InChI is InChI=1S/C21H23ClN2O4/c1-27-18-6-7-19(28-2)16(13-18)14-20(25)23-8-10-24(11-9-23)21(26)15-4-3-5-17(22)12-15/h3-7,12-13H,8-11,14H2,1-2H3. The summed E-state index contributed by atoms with van der Waals surface area (Å²) in [6.45, 7) is 1.98. The molecule has 148 valence electrons. The highest BCUT2D eigenvalue weighted by atomic mass is 35.5. The van der Waals surface area contributed by atoms with Crippen LogP contribution in [0.1, 0.15) is 15.9 Å². The molecule has 2 aromatic rings. The number of rotatable bonds is 5. The van der Waals surface area contributed by atoms with Crippen molar-refractivity contribution < 1.29 is 19.1 Å². The zero-order valence-electron chi connectivity index (χ0n) is 16.0. The van der Waals surface area contributed by atoms with Crippen LogP contribution in [0.4, 0.5) is 0 Å². The van der Waals surface area contributed by atoms with Crippen molar-refractivity contribution >= 4 is 23.4 Å². The zero-order chi connectivity index (χ0) is 20.1. The Labute approximate surface area is 169 Å². The molecule has 0 unspecified atom stereocenters. The summed E-state index contributed by atoms with van der Waals surface area (Å²) in [4.78, 5) is 28.9. The Bertz CT molecular complexity index is 863. The number of hydrogen-bond donors (Lipinski definition) is 0. The van der Waals surface area contributed by atoms with Crippen LogP contribution >= 0.6 is 11.6 Å². The van der Waals surface area contributed by atoms with Crippen molar-refractivity contribution in [1.82, 2.24) is 9.80 Å². The van der Waals surface area contributed by atoms with E-state index in [0.29, 0.717) is 48.3 Å². The zero-order valence-corrected chi connectivity index (χ0v) is 16.7. The van der Waals surface area contributed by atoms with Gasteiger partial charge < -0.3 is 19.3 Å². The van der Waals surface area contributed by atoms with Gasteiger partial charge in [0.05, 0.1) is 20.6 Å². The van der Waals surface area contributed by atoms with Crippen LogP contribution in [0.25, 0.3) is 0 Å². The summed E-state index contributed by atoms with van der Waals surface area (Å²) in [5.41, 5.74) is 1.35. The van der Waals surface area contributed by atoms with Gasteiger partial charge in [0, 0.05) is 42.3 Å². The van der Waals surface area contributed by atoms with Crippen molar-refractivity contribution in [3.63, 3.8) is 0 Å². The summed E-state index contributed by atoms with van der Waals surface area (Å²) in [5.74, 6) is 1.27. The fourth-order valence-electron chi connectivity index (χ4n) is 3.26. The van der Waals surface area contributed by atoms with Crippen LogP contribution in [-0.4, -0.2) is 62.0 Å². The average molecular weight is 403 g/mol. The number of carbonyl (C=O) groups is 2. The second-order valence-electron chi connectivity index (χ2n) is 6.54. The van der Waals surface area contributed by atoms with Gasteiger partial charge in [0.25, 0.3) is 5.91 Å². The first-order valence-corrected chi connectivity index (χ1v) is 9.43. The quantitative estimate of drug-likeness (QED) is 0.771. The van der Waals surface area contributed by atoms with Gasteiger partial charge >= 0.3 is 0 Å². The molecule has 1 heterocycles. The highest BCUT2D eigenvalue weighted by molar-refractivity contribution is 6.30. The smallest absolute Gasteiger partial charge is 0.254 e. The number of benzene rings is 2. The van der Waals surface area contributed by atoms with E-state index >= 15 is 0 Å². The van der Waals surface area contributed by atoms with Crippen molar-refractivity contribution in [2.24, 2.45) is 0 Å². The molecule has 1 fully saturated rings. The van der Waals surface area contributed by atoms with Gasteiger partial charge in [-0.05, 0) is 36.4 Å². The minimum Gasteiger partial charge on any atom is -0.497 e. The molecule has 2 aromatic carbocycles. The van der Waals surface area contributed by atoms with Gasteiger partial charge in [-0.25, -0.2) is 0 Å². The number of halogens is 1. The number of nitrogens with zero attached hydrogens (tertiary/aromatic N) is 2. The Morgan fingerprint density at radius 3 is 2.32 bits per heavy atom. The summed E-state index contributed by atoms with van der Waals surface area (Å²) in [7, 11) is 3.17. The lowest BCUT2D eigenvalue weighted by Crippen LogP contribution is -2.51. The van der Waals surface area contributed by atoms with Crippen LogP contribution in [0.15, 0.2) is 42.5 Å². The Kier molecular flexibility index (Phi) is 6.41. The lowest BCUT2D eigenvalue weighted by Gasteiger charge is -2.35. The number of ether oxygens (including phenoxy) is 2. The predicted molar refractivity (Wildman–Crippen MR) is 107 cm³/mol. The lowest BCUT2D eigenvalue weighted by molar-refractivity contribution is -0.131. The Hall–Kier alpha value is -2.73. The highest BCUT2D eigenvalue weighted by Gasteiger charge is 2.25. The number of amides is 2. The van der Waals surface area contributed by atoms with E-state index in [2.05, 4.69) is 0 Å². The fourth-order valence-corrected chi connectivity index (χ4v) is 3.45. The maximum Gasteiger partial charge on any atom is 0.254 e. The summed E-state index contributed by atoms with van der Waals surface area (Å²) in [5, 5.41) is 0.534. The third kappa shape index (κ3) is 4.57. The van der Waals surface area contributed by atoms with Gasteiger partial charge in [-0.15, -0.1) is 0 Å². The second kappa shape index (κ2) is 8.97. The van der Waals surface area contributed by atoms with Gasteiger partial charge in [0.2, 0.25) is 5.91 Å². The first kappa shape index (κ1) is 20.0. The Morgan fingerprint density at radius 1 is 0.964 bits per heavy atom. The van der Waals surface area contributed by atoms with E-state index in [4.69, 9.17) is 21.1 Å². The van der Waals surface area contributed by atoms with Crippen LogP contribution in [0.2, 0.25) is 5.02 Å². The monoisotopic (exact) mass is 402 g/mol. The fraction of sp³-hybridized carbons (Fsp3) is 0.333. The SMILES string of the molecule is COc1ccc(OC)c(CC(=O)N2CCN(C(=O)c3cccc(Cl)c3)CC2)c1. The molecule has 0 radical (unpaired) electrons. The van der Waals surface area contributed by atoms with E-state index in [-0.39, 0.29) is 18.2 Å². The first-order valence-electron chi connectivity index (χ1n) is 9.05. The normalized spacial score (nSPS) is 14.0. The average Bonchev–Trinajstić information content (AvgIpc) is 2.73. The minimum absolute atomic E-state index is 0.00130. The molecule has 6 nitrogen and oxygen atoms in total. The summed E-state index contributed by atoms with van der Waals surface area (Å²) in [6.07, 6.45) is 0.225. The molecule has 1 saturated heterocycles. The van der Waals surface area contributed by atoms with Gasteiger partial charge in [0.1, 0.15) is 11.5 Å². The molecule has 2 amide bonds. The van der Waals surface area contributed by atoms with Crippen LogP contribution in [0.5, 0.6) is 11.5 Å². The van der Waals surface area contributed by atoms with Crippen LogP contribution in [-0.2, 0) is 11.2 Å². The van der Waals surface area contributed by atoms with E-state index in [1.165, 1.54) is 0 Å². The number of methoxy groups -OCH3 is 2. The summed E-state index contributed by atoms with van der Waals surface area (Å²) < 4.78 is 10.6. The summed E-state index contributed by atoms with van der Waals surface area (Å²) >= 11 is 5.97. The molecule has 1 aliphatic heterocycles. The van der Waals surface area contributed by atoms with Crippen molar-refractivity contribution in [3.8, 4) is 11.5 Å². The molecule has 0 N–H and O–H groups in total. The minimum atomic E-state index is -0.0657. The molecular weight excluding hydrogens is 380 g/mol. The second-order valence-corrected chi connectivity index (χ2v) is 6.97. The molecule has 0 aliphatic carbocycles. The molecule has 7 heteroatoms. The summed E-state index contributed by atoms with van der Waals surface area (Å²) in [6, 6.07) is 12.3. The maximum absolute atomic E-state index is 12.7. The highest BCUT2D eigenvalue weighted by Crippen LogP contribution is 2.25. The third-order valence-corrected chi connectivity index (χ3v) is 5.06. The van der Waals surface area contributed by atoms with Gasteiger partial charge in [0.15, 0.2) is 0 Å². The van der Waals surface area contributed by atoms with Crippen LogP contribution in [0.3, 0.4) is 0 Å². The maximum atomic E-state index is 12.7. The third-order valence-electron chi connectivity index (χ3n) is 4.82. The van der Waals surface area contributed by atoms with Gasteiger partial charge in [-0.2, -0.15) is 0 Å². The Balaban J connectivity index is 1.60. The van der Waals surface area contributed by atoms with Crippen molar-refractivity contribution in [2.45, 2.75) is 6.42 Å². The van der Waals surface area contributed by atoms with Crippen LogP contribution in [0, 0.1) is 0 Å². The number of carbonyl (C=O) groups excluding carboxylic acids is 2. The first-order chi connectivity index (χ1) is 13.5. The topological polar surface area (TPSA) is 59.1 Å². The van der Waals surface area contributed by atoms with Crippen molar-refractivity contribution in [3.05, 3.63) is 58.6 Å². The van der Waals surface area contributed by atoms with Crippen molar-refractivity contribution in [1.29, 1.82) is 0 Å². The number of piperazine rings is 1. The van der Waals surface area contributed by atoms with Crippen molar-refractivity contribution in [2.75, 3.05) is 40.4 Å². The van der Waals surface area contributed by atoms with E-state index in [1.54, 1.807) is 60.4 Å². The molecule has 0 spiro atoms. The molecule has 0 aromatic heterocycles. The van der Waals surface area contributed by atoms with E-state index in [9.17, 15) is 9.59 Å². The van der Waals surface area contributed by atoms with Gasteiger partial charge in [-0.1, -0.05) is 17.7 Å². The molecule has 0 atom stereocenters. The van der Waals surface area contributed by atoms with E-state index in [1.807, 2.05) is 6.07 Å². The molecular formula is C21H23ClN2O4. The molecule has 0 bridgehead atoms. The Morgan fingerprint density at radius 2 is 1.68 bits per heavy atom. The van der Waals surface area contributed by atoms with E-state index < -0.39 is 0 Å². The molecule has 28 heavy (non-hydrogen) atoms. The predicted octanol–water partition coefficient (Wildman–Crippen LogP) is 2.88.